The average molecular weight is 369 g/mol. The largest absolute Gasteiger partial charge is 0.497 e. The van der Waals surface area contributed by atoms with Gasteiger partial charge in [-0.05, 0) is 30.5 Å². The molecule has 7 heteroatoms. The number of rotatable bonds is 4. The summed E-state index contributed by atoms with van der Waals surface area (Å²) in [6, 6.07) is 9.41. The molecule has 0 unspecified atom stereocenters. The lowest BCUT2D eigenvalue weighted by molar-refractivity contribution is -0.128. The van der Waals surface area contributed by atoms with Gasteiger partial charge in [-0.1, -0.05) is 17.3 Å². The van der Waals surface area contributed by atoms with Crippen molar-refractivity contribution in [2.75, 3.05) is 26.7 Å². The fourth-order valence-corrected chi connectivity index (χ4v) is 4.12. The van der Waals surface area contributed by atoms with E-state index >= 15 is 0 Å². The molecule has 2 aliphatic rings. The van der Waals surface area contributed by atoms with E-state index in [0.717, 1.165) is 30.7 Å². The third-order valence-electron chi connectivity index (χ3n) is 5.68. The first kappa shape index (κ1) is 17.6. The SMILES string of the molecule is COc1cccc(CN2CC3(CCN(C(=O)c4ccon4)CC3)CC2=O)c1. The van der Waals surface area contributed by atoms with Crippen molar-refractivity contribution < 1.29 is 18.8 Å². The molecule has 7 nitrogen and oxygen atoms in total. The molecule has 0 N–H and O–H groups in total. The first-order valence-corrected chi connectivity index (χ1v) is 9.19. The van der Waals surface area contributed by atoms with Crippen LogP contribution < -0.4 is 4.74 Å². The zero-order valence-corrected chi connectivity index (χ0v) is 15.4. The van der Waals surface area contributed by atoms with Gasteiger partial charge in [0.1, 0.15) is 12.0 Å². The van der Waals surface area contributed by atoms with Gasteiger partial charge >= 0.3 is 0 Å². The Balaban J connectivity index is 1.38. The van der Waals surface area contributed by atoms with Crippen molar-refractivity contribution in [3.63, 3.8) is 0 Å². The van der Waals surface area contributed by atoms with E-state index < -0.39 is 0 Å². The predicted octanol–water partition coefficient (Wildman–Crippen LogP) is 2.34. The maximum atomic E-state index is 12.6. The Morgan fingerprint density at radius 1 is 1.30 bits per heavy atom. The van der Waals surface area contributed by atoms with Crippen LogP contribution in [0.3, 0.4) is 0 Å². The highest BCUT2D eigenvalue weighted by atomic mass is 16.5. The Morgan fingerprint density at radius 3 is 2.81 bits per heavy atom. The number of carbonyl (C=O) groups excluding carboxylic acids is 2. The summed E-state index contributed by atoms with van der Waals surface area (Å²) in [5.74, 6) is 0.888. The van der Waals surface area contributed by atoms with Gasteiger partial charge in [0, 0.05) is 44.1 Å². The molecule has 0 radical (unpaired) electrons. The highest BCUT2D eigenvalue weighted by Gasteiger charge is 2.45. The Bertz CT molecular complexity index is 826. The van der Waals surface area contributed by atoms with E-state index in [0.29, 0.717) is 31.7 Å². The fraction of sp³-hybridized carbons (Fsp3) is 0.450. The summed E-state index contributed by atoms with van der Waals surface area (Å²) in [6.07, 6.45) is 3.63. The molecule has 4 rings (SSSR count). The molecule has 1 spiro atoms. The van der Waals surface area contributed by atoms with Gasteiger partial charge in [0.05, 0.1) is 7.11 Å². The highest BCUT2D eigenvalue weighted by molar-refractivity contribution is 5.92. The minimum absolute atomic E-state index is 0.0312. The number of benzene rings is 1. The Kier molecular flexibility index (Phi) is 4.59. The van der Waals surface area contributed by atoms with Crippen molar-refractivity contribution in [1.82, 2.24) is 15.0 Å². The van der Waals surface area contributed by atoms with Crippen molar-refractivity contribution in [3.8, 4) is 5.75 Å². The van der Waals surface area contributed by atoms with Crippen molar-refractivity contribution in [1.29, 1.82) is 0 Å². The van der Waals surface area contributed by atoms with Crippen LogP contribution in [-0.4, -0.2) is 53.5 Å². The maximum absolute atomic E-state index is 12.6. The van der Waals surface area contributed by atoms with Crippen molar-refractivity contribution in [2.45, 2.75) is 25.8 Å². The van der Waals surface area contributed by atoms with Crippen LogP contribution in [0, 0.1) is 5.41 Å². The lowest BCUT2D eigenvalue weighted by atomic mass is 9.77. The van der Waals surface area contributed by atoms with Crippen LogP contribution in [0.5, 0.6) is 5.75 Å². The second-order valence-corrected chi connectivity index (χ2v) is 7.45. The summed E-state index contributed by atoms with van der Waals surface area (Å²) in [5.41, 5.74) is 1.38. The van der Waals surface area contributed by atoms with Crippen LogP contribution in [0.25, 0.3) is 0 Å². The van der Waals surface area contributed by atoms with Crippen LogP contribution in [0.4, 0.5) is 0 Å². The zero-order chi connectivity index (χ0) is 18.9. The van der Waals surface area contributed by atoms with Crippen LogP contribution in [0.1, 0.15) is 35.3 Å². The number of aromatic nitrogens is 1. The molecule has 2 amide bonds. The molecule has 1 aromatic carbocycles. The Morgan fingerprint density at radius 2 is 2.11 bits per heavy atom. The van der Waals surface area contributed by atoms with Gasteiger partial charge < -0.3 is 19.1 Å². The number of hydrogen-bond acceptors (Lipinski definition) is 5. The minimum Gasteiger partial charge on any atom is -0.497 e. The van der Waals surface area contributed by atoms with Crippen LogP contribution in [0.2, 0.25) is 0 Å². The summed E-state index contributed by atoms with van der Waals surface area (Å²) in [5, 5.41) is 3.73. The topological polar surface area (TPSA) is 75.9 Å². The number of piperidine rings is 1. The highest BCUT2D eigenvalue weighted by Crippen LogP contribution is 2.41. The standard InChI is InChI=1S/C20H23N3O4/c1-26-16-4-2-3-15(11-16)13-23-14-20(12-18(23)24)6-8-22(9-7-20)19(25)17-5-10-27-21-17/h2-5,10-11H,6-9,12-14H2,1H3. The molecule has 2 saturated heterocycles. The van der Waals surface area contributed by atoms with Gasteiger partial charge in [-0.2, -0.15) is 0 Å². The fourth-order valence-electron chi connectivity index (χ4n) is 4.12. The van der Waals surface area contributed by atoms with Crippen LogP contribution >= 0.6 is 0 Å². The van der Waals surface area contributed by atoms with E-state index in [1.165, 1.54) is 6.26 Å². The number of hydrogen-bond donors (Lipinski definition) is 0. The lowest BCUT2D eigenvalue weighted by Gasteiger charge is -2.38. The molecule has 0 aliphatic carbocycles. The summed E-state index contributed by atoms with van der Waals surface area (Å²) in [6.45, 7) is 2.63. The molecule has 2 aliphatic heterocycles. The number of amides is 2. The first-order valence-electron chi connectivity index (χ1n) is 9.19. The monoisotopic (exact) mass is 369 g/mol. The van der Waals surface area contributed by atoms with Gasteiger partial charge in [0.25, 0.3) is 5.91 Å². The normalized spacial score (nSPS) is 18.9. The van der Waals surface area contributed by atoms with E-state index in [2.05, 4.69) is 5.16 Å². The van der Waals surface area contributed by atoms with Crippen LogP contribution in [0.15, 0.2) is 41.1 Å². The lowest BCUT2D eigenvalue weighted by Crippen LogP contribution is -2.44. The molecule has 142 valence electrons. The van der Waals surface area contributed by atoms with Gasteiger partial charge in [-0.15, -0.1) is 0 Å². The van der Waals surface area contributed by atoms with E-state index in [1.807, 2.05) is 29.2 Å². The molecule has 2 fully saturated rings. The first-order chi connectivity index (χ1) is 13.1. The number of likely N-dealkylation sites (tertiary alicyclic amines) is 2. The second-order valence-electron chi connectivity index (χ2n) is 7.45. The van der Waals surface area contributed by atoms with Gasteiger partial charge in [-0.3, -0.25) is 9.59 Å². The molecule has 27 heavy (non-hydrogen) atoms. The van der Waals surface area contributed by atoms with Crippen molar-refractivity contribution in [3.05, 3.63) is 47.9 Å². The van der Waals surface area contributed by atoms with E-state index in [4.69, 9.17) is 9.26 Å². The van der Waals surface area contributed by atoms with E-state index in [9.17, 15) is 9.59 Å². The van der Waals surface area contributed by atoms with E-state index in [1.54, 1.807) is 18.1 Å². The molecule has 0 bridgehead atoms. The predicted molar refractivity (Wildman–Crippen MR) is 97.1 cm³/mol. The van der Waals surface area contributed by atoms with E-state index in [-0.39, 0.29) is 17.2 Å². The third kappa shape index (κ3) is 3.54. The minimum atomic E-state index is -0.101. The maximum Gasteiger partial charge on any atom is 0.276 e. The molecular formula is C20H23N3O4. The van der Waals surface area contributed by atoms with Gasteiger partial charge in [-0.25, -0.2) is 0 Å². The summed E-state index contributed by atoms with van der Waals surface area (Å²) in [4.78, 5) is 28.7. The molecule has 2 aromatic rings. The van der Waals surface area contributed by atoms with Crippen LogP contribution in [-0.2, 0) is 11.3 Å². The zero-order valence-electron chi connectivity index (χ0n) is 15.4. The molecule has 0 atom stereocenters. The Hall–Kier alpha value is -2.83. The molecule has 3 heterocycles. The molecular weight excluding hydrogens is 346 g/mol. The molecule has 0 saturated carbocycles. The van der Waals surface area contributed by atoms with Gasteiger partial charge in [0.15, 0.2) is 5.69 Å². The number of nitrogens with zero attached hydrogens (tertiary/aromatic N) is 3. The smallest absolute Gasteiger partial charge is 0.276 e. The average Bonchev–Trinajstić information content (AvgIpc) is 3.31. The van der Waals surface area contributed by atoms with Crippen molar-refractivity contribution >= 4 is 11.8 Å². The quantitative estimate of drug-likeness (QED) is 0.827. The Labute approximate surface area is 157 Å². The summed E-state index contributed by atoms with van der Waals surface area (Å²) < 4.78 is 10.0. The number of methoxy groups -OCH3 is 1. The summed E-state index contributed by atoms with van der Waals surface area (Å²) in [7, 11) is 1.64. The van der Waals surface area contributed by atoms with Crippen molar-refractivity contribution in [2.24, 2.45) is 5.41 Å². The number of ether oxygens (including phenoxy) is 1. The second kappa shape index (κ2) is 7.06. The van der Waals surface area contributed by atoms with Gasteiger partial charge in [0.2, 0.25) is 5.91 Å². The third-order valence-corrected chi connectivity index (χ3v) is 5.68. The number of carbonyl (C=O) groups is 2. The summed E-state index contributed by atoms with van der Waals surface area (Å²) >= 11 is 0. The molecule has 1 aromatic heterocycles.